The molecule has 3 N–H and O–H groups in total. The molecule has 9 nitrogen and oxygen atoms in total. The third kappa shape index (κ3) is 4.81. The monoisotopic (exact) mass is 377 g/mol. The van der Waals surface area contributed by atoms with Crippen molar-refractivity contribution in [3.05, 3.63) is 39.9 Å². The number of nitrogens with one attached hydrogen (secondary N) is 2. The number of carboxylic acids is 1. The number of nitro benzene ring substituents is 1. The molecule has 0 heterocycles. The molecular formula is C18H23N3O6. The van der Waals surface area contributed by atoms with Crippen molar-refractivity contribution >= 4 is 23.5 Å². The van der Waals surface area contributed by atoms with Crippen LogP contribution in [0.1, 0.15) is 49.9 Å². The minimum absolute atomic E-state index is 0.0447. The summed E-state index contributed by atoms with van der Waals surface area (Å²) in [4.78, 5) is 46.6. The highest BCUT2D eigenvalue weighted by atomic mass is 16.6. The van der Waals surface area contributed by atoms with Crippen LogP contribution in [0.5, 0.6) is 0 Å². The van der Waals surface area contributed by atoms with Gasteiger partial charge in [-0.2, -0.15) is 0 Å². The summed E-state index contributed by atoms with van der Waals surface area (Å²) in [6, 6.07) is 4.15. The first-order chi connectivity index (χ1) is 12.6. The second-order valence-electron chi connectivity index (χ2n) is 7.06. The van der Waals surface area contributed by atoms with E-state index in [1.807, 2.05) is 6.92 Å². The number of amides is 2. The SMILES string of the molecule is CC1CCC(NC(=O)C(C)NC(=O)c2cccc([N+](=O)[O-])c2)(C(=O)O)CC1. The Morgan fingerprint density at radius 1 is 1.30 bits per heavy atom. The van der Waals surface area contributed by atoms with Gasteiger partial charge in [-0.3, -0.25) is 19.7 Å². The molecule has 0 spiro atoms. The smallest absolute Gasteiger partial charge is 0.329 e. The van der Waals surface area contributed by atoms with E-state index >= 15 is 0 Å². The van der Waals surface area contributed by atoms with Gasteiger partial charge in [-0.1, -0.05) is 13.0 Å². The largest absolute Gasteiger partial charge is 0.480 e. The molecule has 1 atom stereocenters. The van der Waals surface area contributed by atoms with Crippen LogP contribution >= 0.6 is 0 Å². The van der Waals surface area contributed by atoms with E-state index < -0.39 is 34.3 Å². The van der Waals surface area contributed by atoms with E-state index in [-0.39, 0.29) is 11.3 Å². The van der Waals surface area contributed by atoms with Crippen molar-refractivity contribution in [3.63, 3.8) is 0 Å². The molecule has 27 heavy (non-hydrogen) atoms. The van der Waals surface area contributed by atoms with Crippen molar-refractivity contribution in [2.75, 3.05) is 0 Å². The first-order valence-corrected chi connectivity index (χ1v) is 8.75. The van der Waals surface area contributed by atoms with Gasteiger partial charge in [-0.05, 0) is 44.6 Å². The highest BCUT2D eigenvalue weighted by Gasteiger charge is 2.43. The van der Waals surface area contributed by atoms with Crippen molar-refractivity contribution in [2.24, 2.45) is 5.92 Å². The molecule has 0 radical (unpaired) electrons. The number of non-ortho nitro benzene ring substituents is 1. The van der Waals surface area contributed by atoms with E-state index in [1.54, 1.807) is 0 Å². The number of aliphatic carboxylic acids is 1. The summed E-state index contributed by atoms with van der Waals surface area (Å²) in [5, 5.41) is 25.4. The normalized spacial score (nSPS) is 23.1. The molecule has 1 aliphatic rings. The maximum Gasteiger partial charge on any atom is 0.329 e. The van der Waals surface area contributed by atoms with Gasteiger partial charge in [0.2, 0.25) is 5.91 Å². The Kier molecular flexibility index (Phi) is 6.14. The molecule has 9 heteroatoms. The number of benzene rings is 1. The van der Waals surface area contributed by atoms with Gasteiger partial charge in [-0.25, -0.2) is 4.79 Å². The minimum atomic E-state index is -1.33. The first-order valence-electron chi connectivity index (χ1n) is 8.75. The van der Waals surface area contributed by atoms with E-state index in [0.717, 1.165) is 6.07 Å². The topological polar surface area (TPSA) is 139 Å². The first kappa shape index (κ1) is 20.3. The van der Waals surface area contributed by atoms with E-state index in [0.29, 0.717) is 31.6 Å². The van der Waals surface area contributed by atoms with Gasteiger partial charge in [0, 0.05) is 17.7 Å². The van der Waals surface area contributed by atoms with Crippen LogP contribution < -0.4 is 10.6 Å². The van der Waals surface area contributed by atoms with Crippen LogP contribution in [0.4, 0.5) is 5.69 Å². The summed E-state index contributed by atoms with van der Waals surface area (Å²) in [6.45, 7) is 3.47. The minimum Gasteiger partial charge on any atom is -0.480 e. The van der Waals surface area contributed by atoms with Crippen LogP contribution in [0.3, 0.4) is 0 Å². The standard InChI is InChI=1S/C18H23N3O6/c1-11-6-8-18(9-7-11,17(24)25)20-15(22)12(2)19-16(23)13-4-3-5-14(10-13)21(26)27/h3-5,10-12H,6-9H2,1-2H3,(H,19,23)(H,20,22)(H,24,25). The predicted octanol–water partition coefficient (Wildman–Crippen LogP) is 1.86. The van der Waals surface area contributed by atoms with Crippen molar-refractivity contribution in [1.29, 1.82) is 0 Å². The highest BCUT2D eigenvalue weighted by molar-refractivity contribution is 5.98. The molecule has 0 aromatic heterocycles. The molecule has 0 bridgehead atoms. The molecule has 1 aromatic rings. The Hall–Kier alpha value is -2.97. The average Bonchev–Trinajstić information content (AvgIpc) is 2.63. The van der Waals surface area contributed by atoms with Gasteiger partial charge in [0.15, 0.2) is 0 Å². The number of carbonyl (C=O) groups is 3. The van der Waals surface area contributed by atoms with E-state index in [9.17, 15) is 29.6 Å². The molecule has 0 aliphatic heterocycles. The molecular weight excluding hydrogens is 354 g/mol. The van der Waals surface area contributed by atoms with Gasteiger partial charge in [0.05, 0.1) is 4.92 Å². The Morgan fingerprint density at radius 3 is 2.48 bits per heavy atom. The number of nitrogens with zero attached hydrogens (tertiary/aromatic N) is 1. The highest BCUT2D eigenvalue weighted by Crippen LogP contribution is 2.32. The summed E-state index contributed by atoms with van der Waals surface area (Å²) in [5.74, 6) is -1.94. The summed E-state index contributed by atoms with van der Waals surface area (Å²) in [7, 11) is 0. The zero-order chi connectivity index (χ0) is 20.2. The van der Waals surface area contributed by atoms with Crippen molar-refractivity contribution in [2.45, 2.75) is 51.1 Å². The molecule has 2 amide bonds. The molecule has 2 rings (SSSR count). The fourth-order valence-electron chi connectivity index (χ4n) is 3.10. The van der Waals surface area contributed by atoms with E-state index in [4.69, 9.17) is 0 Å². The number of rotatable bonds is 6. The Bertz CT molecular complexity index is 755. The third-order valence-corrected chi connectivity index (χ3v) is 4.96. The quantitative estimate of drug-likeness (QED) is 0.511. The second kappa shape index (κ2) is 8.15. The lowest BCUT2D eigenvalue weighted by molar-refractivity contribution is -0.384. The molecule has 1 aromatic carbocycles. The Labute approximate surface area is 156 Å². The molecule has 1 aliphatic carbocycles. The van der Waals surface area contributed by atoms with Crippen molar-refractivity contribution in [1.82, 2.24) is 10.6 Å². The Balaban J connectivity index is 2.04. The van der Waals surface area contributed by atoms with Gasteiger partial charge in [0.25, 0.3) is 11.6 Å². The summed E-state index contributed by atoms with van der Waals surface area (Å²) in [5.41, 5.74) is -1.52. The van der Waals surface area contributed by atoms with Crippen LogP contribution in [0.25, 0.3) is 0 Å². The molecule has 1 unspecified atom stereocenters. The van der Waals surface area contributed by atoms with Gasteiger partial charge in [0.1, 0.15) is 11.6 Å². The van der Waals surface area contributed by atoms with E-state index in [2.05, 4.69) is 10.6 Å². The summed E-state index contributed by atoms with van der Waals surface area (Å²) < 4.78 is 0. The molecule has 1 saturated carbocycles. The number of carboxylic acid groups (broad SMARTS) is 1. The maximum absolute atomic E-state index is 12.4. The van der Waals surface area contributed by atoms with Gasteiger partial charge >= 0.3 is 5.97 Å². The lowest BCUT2D eigenvalue weighted by Crippen LogP contribution is -2.60. The second-order valence-corrected chi connectivity index (χ2v) is 7.06. The van der Waals surface area contributed by atoms with Crippen LogP contribution in [-0.4, -0.2) is 39.4 Å². The maximum atomic E-state index is 12.4. The number of hydrogen-bond acceptors (Lipinski definition) is 5. The predicted molar refractivity (Wildman–Crippen MR) is 96.2 cm³/mol. The molecule has 0 saturated heterocycles. The fourth-order valence-corrected chi connectivity index (χ4v) is 3.10. The van der Waals surface area contributed by atoms with Gasteiger partial charge < -0.3 is 15.7 Å². The van der Waals surface area contributed by atoms with Crippen molar-refractivity contribution in [3.8, 4) is 0 Å². The number of hydrogen-bond donors (Lipinski definition) is 3. The third-order valence-electron chi connectivity index (χ3n) is 4.96. The van der Waals surface area contributed by atoms with E-state index in [1.165, 1.54) is 25.1 Å². The van der Waals surface area contributed by atoms with Crippen LogP contribution in [0.2, 0.25) is 0 Å². The van der Waals surface area contributed by atoms with Crippen LogP contribution in [0, 0.1) is 16.0 Å². The molecule has 1 fully saturated rings. The average molecular weight is 377 g/mol. The summed E-state index contributed by atoms with van der Waals surface area (Å²) in [6.07, 6.45) is 2.06. The van der Waals surface area contributed by atoms with Crippen LogP contribution in [0.15, 0.2) is 24.3 Å². The number of carbonyl (C=O) groups excluding carboxylic acids is 2. The number of nitro groups is 1. The van der Waals surface area contributed by atoms with Crippen molar-refractivity contribution < 1.29 is 24.4 Å². The molecule has 146 valence electrons. The van der Waals surface area contributed by atoms with Crippen LogP contribution in [-0.2, 0) is 9.59 Å². The van der Waals surface area contributed by atoms with Gasteiger partial charge in [-0.15, -0.1) is 0 Å². The Morgan fingerprint density at radius 2 is 1.93 bits per heavy atom. The fraction of sp³-hybridized carbons (Fsp3) is 0.500. The zero-order valence-electron chi connectivity index (χ0n) is 15.2. The lowest BCUT2D eigenvalue weighted by Gasteiger charge is -2.37. The summed E-state index contributed by atoms with van der Waals surface area (Å²) >= 11 is 0. The zero-order valence-corrected chi connectivity index (χ0v) is 15.2. The lowest BCUT2D eigenvalue weighted by atomic mass is 9.77.